The Morgan fingerprint density at radius 1 is 1.20 bits per heavy atom. The molecule has 154 valence electrons. The first-order valence-corrected chi connectivity index (χ1v) is 9.38. The monoisotopic (exact) mass is 410 g/mol. The van der Waals surface area contributed by atoms with Gasteiger partial charge in [0.1, 0.15) is 5.92 Å². The molecule has 1 saturated heterocycles. The first-order valence-electron chi connectivity index (χ1n) is 9.38. The summed E-state index contributed by atoms with van der Waals surface area (Å²) in [6.45, 7) is 2.02. The second kappa shape index (κ2) is 5.95. The lowest BCUT2D eigenvalue weighted by Gasteiger charge is -2.27. The van der Waals surface area contributed by atoms with Gasteiger partial charge in [0.2, 0.25) is 0 Å². The van der Waals surface area contributed by atoms with Gasteiger partial charge in [-0.15, -0.1) is 0 Å². The molecule has 11 nitrogen and oxygen atoms in total. The molecule has 0 amide bonds. The molecule has 1 aromatic carbocycles. The van der Waals surface area contributed by atoms with Crippen LogP contribution in [-0.2, 0) is 12.6 Å². The number of hydrogen-bond acceptors (Lipinski definition) is 8. The molecular weight excluding hydrogens is 392 g/mol. The first kappa shape index (κ1) is 18.4. The van der Waals surface area contributed by atoms with E-state index < -0.39 is 21.3 Å². The van der Waals surface area contributed by atoms with Crippen molar-refractivity contribution in [2.45, 2.75) is 12.5 Å². The fourth-order valence-electron chi connectivity index (χ4n) is 5.11. The molecule has 2 aromatic heterocycles. The summed E-state index contributed by atoms with van der Waals surface area (Å²) in [5, 5.41) is 33.3. The molecule has 3 heterocycles. The summed E-state index contributed by atoms with van der Waals surface area (Å²) < 4.78 is 6.88. The summed E-state index contributed by atoms with van der Waals surface area (Å²) in [6, 6.07) is 7.55. The van der Waals surface area contributed by atoms with Crippen LogP contribution in [0.4, 0.5) is 0 Å². The molecule has 0 radical (unpaired) electrons. The smallest absolute Gasteiger partial charge is 0.295 e. The molecular formula is C19H18N6O5. The van der Waals surface area contributed by atoms with Crippen molar-refractivity contribution in [1.29, 1.82) is 0 Å². The minimum absolute atomic E-state index is 0.00891. The normalized spacial score (nSPS) is 23.6. The van der Waals surface area contributed by atoms with E-state index in [1.165, 1.54) is 0 Å². The van der Waals surface area contributed by atoms with Crippen molar-refractivity contribution < 1.29 is 14.5 Å². The molecule has 0 saturated carbocycles. The molecule has 0 N–H and O–H groups in total. The number of fused-ring (bicyclic) bond motifs is 4. The summed E-state index contributed by atoms with van der Waals surface area (Å²) in [5.41, 5.74) is 0.714. The molecule has 30 heavy (non-hydrogen) atoms. The van der Waals surface area contributed by atoms with E-state index >= 15 is 0 Å². The molecule has 11 heteroatoms. The summed E-state index contributed by atoms with van der Waals surface area (Å²) in [5.74, 6) is -0.986. The molecule has 1 aliphatic carbocycles. The number of nitrogens with zero attached hydrogens (tertiary/aromatic N) is 6. The molecule has 3 aromatic rings. The second-order valence-corrected chi connectivity index (χ2v) is 7.95. The van der Waals surface area contributed by atoms with Crippen LogP contribution in [0.15, 0.2) is 34.6 Å². The van der Waals surface area contributed by atoms with Crippen LogP contribution in [0.25, 0.3) is 16.5 Å². The summed E-state index contributed by atoms with van der Waals surface area (Å²) in [7, 11) is 3.58. The van der Waals surface area contributed by atoms with Crippen molar-refractivity contribution in [2.24, 2.45) is 13.0 Å². The zero-order valence-corrected chi connectivity index (χ0v) is 16.5. The summed E-state index contributed by atoms with van der Waals surface area (Å²) in [4.78, 5) is 25.4. The highest BCUT2D eigenvalue weighted by Crippen LogP contribution is 2.52. The molecule has 0 bridgehead atoms. The van der Waals surface area contributed by atoms with E-state index in [0.717, 1.165) is 16.6 Å². The van der Waals surface area contributed by atoms with Gasteiger partial charge in [0.05, 0.1) is 17.0 Å². The maximum absolute atomic E-state index is 12.4. The van der Waals surface area contributed by atoms with Crippen molar-refractivity contribution in [3.05, 3.63) is 72.8 Å². The standard InChI is InChI=1S/C19H18N6O5/c1-10-14(11-6-4-5-7-13(11)23(10)3)15-16-18(21-30-20-16)19(25(28)29)9-22(2)8-12(19)17(15)24(26)27/h4-7,12H,8-9H2,1-3H3. The SMILES string of the molecule is Cc1c(C2=C([N+](=O)[O-])C3CN(C)CC3([N+](=O)[O-])c3nonc32)c2ccccc2n1C. The predicted octanol–water partition coefficient (Wildman–Crippen LogP) is 1.95. The van der Waals surface area contributed by atoms with Gasteiger partial charge in [-0.25, -0.2) is 4.63 Å². The minimum atomic E-state index is -1.77. The third-order valence-corrected chi connectivity index (χ3v) is 6.48. The molecule has 2 unspecified atom stereocenters. The van der Waals surface area contributed by atoms with E-state index in [1.54, 1.807) is 11.9 Å². The number of para-hydroxylation sites is 1. The van der Waals surface area contributed by atoms with E-state index in [2.05, 4.69) is 10.3 Å². The number of rotatable bonds is 3. The van der Waals surface area contributed by atoms with Crippen molar-refractivity contribution >= 4 is 16.5 Å². The van der Waals surface area contributed by atoms with Gasteiger partial charge in [0.15, 0.2) is 11.4 Å². The Kier molecular flexibility index (Phi) is 3.66. The molecule has 2 atom stereocenters. The number of aromatic nitrogens is 3. The predicted molar refractivity (Wildman–Crippen MR) is 105 cm³/mol. The largest absolute Gasteiger partial charge is 0.347 e. The van der Waals surface area contributed by atoms with E-state index in [9.17, 15) is 20.2 Å². The average Bonchev–Trinajstić information content (AvgIpc) is 3.37. The fraction of sp³-hybridized carbons (Fsp3) is 0.368. The van der Waals surface area contributed by atoms with Crippen LogP contribution in [0.3, 0.4) is 0 Å². The second-order valence-electron chi connectivity index (χ2n) is 7.95. The van der Waals surface area contributed by atoms with Gasteiger partial charge in [0.25, 0.3) is 11.2 Å². The van der Waals surface area contributed by atoms with Crippen molar-refractivity contribution in [3.8, 4) is 0 Å². The number of benzene rings is 1. The van der Waals surface area contributed by atoms with E-state index in [-0.39, 0.29) is 35.7 Å². The zero-order valence-electron chi connectivity index (χ0n) is 16.5. The zero-order chi connectivity index (χ0) is 21.4. The maximum Gasteiger partial charge on any atom is 0.295 e. The molecule has 1 fully saturated rings. The Morgan fingerprint density at radius 2 is 1.93 bits per heavy atom. The van der Waals surface area contributed by atoms with Crippen LogP contribution in [0, 0.1) is 33.1 Å². The van der Waals surface area contributed by atoms with Crippen LogP contribution >= 0.6 is 0 Å². The van der Waals surface area contributed by atoms with Gasteiger partial charge in [-0.05, 0) is 30.4 Å². The van der Waals surface area contributed by atoms with Crippen molar-refractivity contribution in [2.75, 3.05) is 20.1 Å². The molecule has 5 rings (SSSR count). The highest BCUT2D eigenvalue weighted by atomic mass is 16.6. The Morgan fingerprint density at radius 3 is 2.63 bits per heavy atom. The highest BCUT2D eigenvalue weighted by Gasteiger charge is 2.68. The number of likely N-dealkylation sites (tertiary alicyclic amines) is 1. The number of aryl methyl sites for hydroxylation is 1. The van der Waals surface area contributed by atoms with Crippen LogP contribution < -0.4 is 0 Å². The average molecular weight is 410 g/mol. The van der Waals surface area contributed by atoms with Crippen LogP contribution in [0.1, 0.15) is 22.6 Å². The lowest BCUT2D eigenvalue weighted by molar-refractivity contribution is -0.590. The van der Waals surface area contributed by atoms with Gasteiger partial charge >= 0.3 is 0 Å². The van der Waals surface area contributed by atoms with Crippen molar-refractivity contribution in [1.82, 2.24) is 19.8 Å². The van der Waals surface area contributed by atoms with E-state index in [4.69, 9.17) is 4.63 Å². The third-order valence-electron chi connectivity index (χ3n) is 6.48. The van der Waals surface area contributed by atoms with Gasteiger partial charge in [-0.2, -0.15) is 0 Å². The Balaban J connectivity index is 1.94. The quantitative estimate of drug-likeness (QED) is 0.472. The van der Waals surface area contributed by atoms with E-state index in [0.29, 0.717) is 5.56 Å². The van der Waals surface area contributed by atoms with Gasteiger partial charge < -0.3 is 4.57 Å². The number of likely N-dealkylation sites (N-methyl/N-ethyl adjacent to an activating group) is 1. The van der Waals surface area contributed by atoms with Crippen LogP contribution in [0.5, 0.6) is 0 Å². The lowest BCUT2D eigenvalue weighted by Crippen LogP contribution is -2.48. The fourth-order valence-corrected chi connectivity index (χ4v) is 5.11. The highest BCUT2D eigenvalue weighted by molar-refractivity contribution is 5.99. The Labute approximate surface area is 169 Å². The molecule has 0 spiro atoms. The van der Waals surface area contributed by atoms with Gasteiger partial charge in [-0.3, -0.25) is 25.1 Å². The van der Waals surface area contributed by atoms with Gasteiger partial charge in [0, 0.05) is 40.7 Å². The minimum Gasteiger partial charge on any atom is -0.347 e. The number of nitro groups is 2. The van der Waals surface area contributed by atoms with E-state index in [1.807, 2.05) is 42.8 Å². The van der Waals surface area contributed by atoms with Gasteiger partial charge in [-0.1, -0.05) is 18.2 Å². The molecule has 2 aliphatic rings. The summed E-state index contributed by atoms with van der Waals surface area (Å²) in [6.07, 6.45) is 0. The summed E-state index contributed by atoms with van der Waals surface area (Å²) >= 11 is 0. The van der Waals surface area contributed by atoms with Crippen LogP contribution in [0.2, 0.25) is 0 Å². The first-order chi connectivity index (χ1) is 14.3. The molecule has 1 aliphatic heterocycles. The maximum atomic E-state index is 12.4. The topological polar surface area (TPSA) is 133 Å². The van der Waals surface area contributed by atoms with Crippen molar-refractivity contribution in [3.63, 3.8) is 0 Å². The van der Waals surface area contributed by atoms with Crippen LogP contribution in [-0.4, -0.2) is 49.8 Å². The Hall–Kier alpha value is -3.60. The lowest BCUT2D eigenvalue weighted by atomic mass is 9.73. The Bertz CT molecular complexity index is 1270. The number of hydrogen-bond donors (Lipinski definition) is 0. The third kappa shape index (κ3) is 2.07.